The smallest absolute Gasteiger partial charge is 0.407 e. The highest BCUT2D eigenvalue weighted by molar-refractivity contribution is 5.77. The third kappa shape index (κ3) is 7.84. The third-order valence-electron chi connectivity index (χ3n) is 8.76. The van der Waals surface area contributed by atoms with Crippen molar-refractivity contribution in [2.75, 3.05) is 19.6 Å². The maximum Gasteiger partial charge on any atom is 0.407 e. The lowest BCUT2D eigenvalue weighted by Gasteiger charge is -2.44. The van der Waals surface area contributed by atoms with E-state index >= 15 is 0 Å². The van der Waals surface area contributed by atoms with Crippen molar-refractivity contribution < 1.29 is 28.6 Å². The number of carbonyl (C=O) groups is 3. The molecule has 5 unspecified atom stereocenters. The number of likely N-dealkylation sites (tertiary alicyclic amines) is 1. The Hall–Kier alpha value is -1.83. The zero-order chi connectivity index (χ0) is 26.8. The first kappa shape index (κ1) is 28.2. The fourth-order valence-electron chi connectivity index (χ4n) is 6.99. The maximum atomic E-state index is 13.1. The molecule has 4 rings (SSSR count). The van der Waals surface area contributed by atoms with E-state index in [1.807, 2.05) is 20.8 Å². The molecule has 0 spiro atoms. The monoisotopic (exact) mass is 520 g/mol. The lowest BCUT2D eigenvalue weighted by Crippen LogP contribution is -2.51. The fraction of sp³-hybridized carbons (Fsp3) is 0.897. The minimum absolute atomic E-state index is 0.141. The van der Waals surface area contributed by atoms with Gasteiger partial charge in [0.05, 0.1) is 12.0 Å². The molecule has 2 aliphatic heterocycles. The SMILES string of the molecule is CC(C)(C)OC(=O)NCC1CCCC(C2CCN(C(=O)CC3CCC4C(=O)OC(C)(C)OC4C3)CC2)C1. The number of ether oxygens (including phenoxy) is 3. The van der Waals surface area contributed by atoms with Crippen LogP contribution in [0.15, 0.2) is 0 Å². The van der Waals surface area contributed by atoms with Crippen molar-refractivity contribution in [2.45, 2.75) is 116 Å². The van der Waals surface area contributed by atoms with Crippen LogP contribution in [0.2, 0.25) is 0 Å². The molecular weight excluding hydrogens is 472 g/mol. The van der Waals surface area contributed by atoms with Crippen LogP contribution in [0.4, 0.5) is 4.79 Å². The van der Waals surface area contributed by atoms with Crippen LogP contribution in [-0.2, 0) is 23.8 Å². The van der Waals surface area contributed by atoms with Crippen LogP contribution in [0.3, 0.4) is 0 Å². The van der Waals surface area contributed by atoms with E-state index in [2.05, 4.69) is 10.2 Å². The van der Waals surface area contributed by atoms with Gasteiger partial charge in [-0.1, -0.05) is 12.8 Å². The summed E-state index contributed by atoms with van der Waals surface area (Å²) >= 11 is 0. The summed E-state index contributed by atoms with van der Waals surface area (Å²) in [6.07, 6.45) is 9.37. The first-order valence-corrected chi connectivity index (χ1v) is 14.5. The molecule has 8 nitrogen and oxygen atoms in total. The van der Waals surface area contributed by atoms with E-state index in [9.17, 15) is 14.4 Å². The molecule has 4 fully saturated rings. The quantitative estimate of drug-likeness (QED) is 0.511. The molecule has 0 bridgehead atoms. The van der Waals surface area contributed by atoms with E-state index in [0.717, 1.165) is 58.0 Å². The van der Waals surface area contributed by atoms with Gasteiger partial charge in [-0.25, -0.2) is 4.79 Å². The van der Waals surface area contributed by atoms with Gasteiger partial charge >= 0.3 is 12.1 Å². The fourth-order valence-corrected chi connectivity index (χ4v) is 6.99. The number of amides is 2. The van der Waals surface area contributed by atoms with Gasteiger partial charge in [0.2, 0.25) is 11.7 Å². The van der Waals surface area contributed by atoms with E-state index in [-0.39, 0.29) is 35.9 Å². The minimum atomic E-state index is -0.879. The van der Waals surface area contributed by atoms with Crippen molar-refractivity contribution in [3.8, 4) is 0 Å². The molecule has 0 aromatic rings. The summed E-state index contributed by atoms with van der Waals surface area (Å²) in [5.74, 6) is 1.15. The van der Waals surface area contributed by atoms with Crippen LogP contribution in [0.1, 0.15) is 98.8 Å². The van der Waals surface area contributed by atoms with Crippen LogP contribution in [0, 0.1) is 29.6 Å². The molecule has 4 aliphatic rings. The highest BCUT2D eigenvalue weighted by Crippen LogP contribution is 2.41. The molecule has 210 valence electrons. The Labute approximate surface area is 222 Å². The van der Waals surface area contributed by atoms with E-state index in [1.54, 1.807) is 13.8 Å². The average molecular weight is 521 g/mol. The number of rotatable bonds is 5. The predicted octanol–water partition coefficient (Wildman–Crippen LogP) is 5.04. The van der Waals surface area contributed by atoms with Gasteiger partial charge in [0.25, 0.3) is 0 Å². The number of alkyl carbamates (subject to hydrolysis) is 1. The summed E-state index contributed by atoms with van der Waals surface area (Å²) in [7, 11) is 0. The first-order valence-electron chi connectivity index (χ1n) is 14.5. The largest absolute Gasteiger partial charge is 0.444 e. The van der Waals surface area contributed by atoms with E-state index < -0.39 is 11.4 Å². The number of carbonyl (C=O) groups excluding carboxylic acids is 3. The molecule has 1 N–H and O–H groups in total. The van der Waals surface area contributed by atoms with Crippen LogP contribution in [0.25, 0.3) is 0 Å². The van der Waals surface area contributed by atoms with Gasteiger partial charge in [-0.05, 0) is 89.4 Å². The first-order chi connectivity index (χ1) is 17.4. The van der Waals surface area contributed by atoms with Crippen molar-refractivity contribution in [1.29, 1.82) is 0 Å². The zero-order valence-electron chi connectivity index (χ0n) is 23.6. The van der Waals surface area contributed by atoms with E-state index in [0.29, 0.717) is 30.7 Å². The summed E-state index contributed by atoms with van der Waals surface area (Å²) in [5, 5.41) is 2.97. The molecule has 2 heterocycles. The number of esters is 1. The van der Waals surface area contributed by atoms with Crippen molar-refractivity contribution in [1.82, 2.24) is 10.2 Å². The Morgan fingerprint density at radius 1 is 1.00 bits per heavy atom. The van der Waals surface area contributed by atoms with Gasteiger partial charge in [-0.3, -0.25) is 9.59 Å². The number of piperidine rings is 1. The minimum Gasteiger partial charge on any atom is -0.444 e. The Bertz CT molecular complexity index is 829. The number of hydrogen-bond donors (Lipinski definition) is 1. The van der Waals surface area contributed by atoms with Gasteiger partial charge in [0.1, 0.15) is 5.60 Å². The van der Waals surface area contributed by atoms with Gasteiger partial charge in [-0.15, -0.1) is 0 Å². The van der Waals surface area contributed by atoms with E-state index in [4.69, 9.17) is 14.2 Å². The lowest BCUT2D eigenvalue weighted by atomic mass is 9.72. The average Bonchev–Trinajstić information content (AvgIpc) is 2.81. The second-order valence-corrected chi connectivity index (χ2v) is 13.4. The molecule has 2 saturated heterocycles. The number of hydrogen-bond acceptors (Lipinski definition) is 6. The van der Waals surface area contributed by atoms with E-state index in [1.165, 1.54) is 12.8 Å². The van der Waals surface area contributed by atoms with Crippen LogP contribution in [0.5, 0.6) is 0 Å². The molecule has 0 aromatic carbocycles. The molecule has 5 atom stereocenters. The number of cyclic esters (lactones) is 1. The highest BCUT2D eigenvalue weighted by atomic mass is 16.7. The number of nitrogens with one attached hydrogen (secondary N) is 1. The zero-order valence-corrected chi connectivity index (χ0v) is 23.6. The number of nitrogens with zero attached hydrogens (tertiary/aromatic N) is 1. The van der Waals surface area contributed by atoms with Gasteiger partial charge < -0.3 is 24.4 Å². The summed E-state index contributed by atoms with van der Waals surface area (Å²) < 4.78 is 16.8. The lowest BCUT2D eigenvalue weighted by molar-refractivity contribution is -0.278. The molecule has 2 aliphatic carbocycles. The van der Waals surface area contributed by atoms with Gasteiger partial charge in [0, 0.05) is 39.9 Å². The van der Waals surface area contributed by atoms with Crippen LogP contribution >= 0.6 is 0 Å². The third-order valence-corrected chi connectivity index (χ3v) is 8.76. The summed E-state index contributed by atoms with van der Waals surface area (Å²) in [6, 6.07) is 0. The van der Waals surface area contributed by atoms with Crippen molar-refractivity contribution in [3.05, 3.63) is 0 Å². The predicted molar refractivity (Wildman–Crippen MR) is 139 cm³/mol. The second kappa shape index (κ2) is 11.5. The summed E-state index contributed by atoms with van der Waals surface area (Å²) in [6.45, 7) is 11.6. The summed E-state index contributed by atoms with van der Waals surface area (Å²) in [5.41, 5.74) is -0.474. The Morgan fingerprint density at radius 3 is 2.43 bits per heavy atom. The van der Waals surface area contributed by atoms with Crippen LogP contribution in [-0.4, -0.2) is 60.0 Å². The summed E-state index contributed by atoms with van der Waals surface area (Å²) in [4.78, 5) is 39.6. The highest BCUT2D eigenvalue weighted by Gasteiger charge is 2.46. The second-order valence-electron chi connectivity index (χ2n) is 13.4. The molecule has 0 aromatic heterocycles. The molecule has 0 radical (unpaired) electrons. The Morgan fingerprint density at radius 2 is 1.73 bits per heavy atom. The standard InChI is InChI=1S/C29H48N2O6/c1-28(2,3)37-27(34)30-18-20-7-6-8-22(15-20)21-11-13-31(14-12-21)25(32)17-19-9-10-23-24(16-19)35-29(4,5)36-26(23)33/h19-24H,6-18H2,1-5H3,(H,30,34). The Kier molecular flexibility index (Phi) is 8.76. The van der Waals surface area contributed by atoms with Crippen molar-refractivity contribution >= 4 is 18.0 Å². The van der Waals surface area contributed by atoms with Crippen LogP contribution < -0.4 is 5.32 Å². The Balaban J connectivity index is 1.18. The molecule has 2 amide bonds. The topological polar surface area (TPSA) is 94.2 Å². The molecule has 2 saturated carbocycles. The normalized spacial score (nSPS) is 32.7. The van der Waals surface area contributed by atoms with Gasteiger partial charge in [0.15, 0.2) is 0 Å². The number of fused-ring (bicyclic) bond motifs is 1. The molecule has 37 heavy (non-hydrogen) atoms. The van der Waals surface area contributed by atoms with Crippen molar-refractivity contribution in [3.63, 3.8) is 0 Å². The van der Waals surface area contributed by atoms with Crippen molar-refractivity contribution in [2.24, 2.45) is 29.6 Å². The molecular formula is C29H48N2O6. The van der Waals surface area contributed by atoms with Gasteiger partial charge in [-0.2, -0.15) is 0 Å². The molecule has 8 heteroatoms. The maximum absolute atomic E-state index is 13.1.